The number of aryl methyl sites for hydroxylation is 2. The van der Waals surface area contributed by atoms with Crippen molar-refractivity contribution in [1.82, 2.24) is 0 Å². The van der Waals surface area contributed by atoms with Gasteiger partial charge in [-0.2, -0.15) is 0 Å². The number of rotatable bonds is 2. The average Bonchev–Trinajstić information content (AvgIpc) is 2.05. The second-order valence-corrected chi connectivity index (χ2v) is 6.75. The lowest BCUT2D eigenvalue weighted by Gasteiger charge is -2.22. The van der Waals surface area contributed by atoms with Gasteiger partial charge in [-0.1, -0.05) is 6.07 Å². The molecule has 0 fully saturated rings. The third kappa shape index (κ3) is 2.62. The summed E-state index contributed by atoms with van der Waals surface area (Å²) >= 11 is 0. The predicted octanol–water partition coefficient (Wildman–Crippen LogP) is 1.93. The number of benzene rings is 1. The molecule has 0 heterocycles. The zero-order valence-corrected chi connectivity index (χ0v) is 11.1. The summed E-state index contributed by atoms with van der Waals surface area (Å²) in [5.41, 5.74) is 1.19. The van der Waals surface area contributed by atoms with Crippen molar-refractivity contribution < 1.29 is 13.5 Å². The lowest BCUT2D eigenvalue weighted by Crippen LogP contribution is -2.20. The van der Waals surface area contributed by atoms with Gasteiger partial charge in [-0.05, 0) is 44.9 Å². The summed E-state index contributed by atoms with van der Waals surface area (Å²) in [5, 5.41) is 9.98. The normalized spacial score (nSPS) is 12.9. The fraction of sp³-hybridized carbons (Fsp3) is 0.500. The first kappa shape index (κ1) is 13.2. The molecule has 16 heavy (non-hydrogen) atoms. The molecule has 0 atom stereocenters. The third-order valence-corrected chi connectivity index (χ3v) is 3.79. The van der Waals surface area contributed by atoms with Crippen molar-refractivity contribution in [1.29, 1.82) is 0 Å². The van der Waals surface area contributed by atoms with Crippen LogP contribution in [-0.2, 0) is 15.4 Å². The van der Waals surface area contributed by atoms with Gasteiger partial charge in [0, 0.05) is 11.8 Å². The highest BCUT2D eigenvalue weighted by Gasteiger charge is 2.25. The third-order valence-electron chi connectivity index (χ3n) is 2.65. The SMILES string of the molecule is Cc1cc(C(C)(C)O)c(S(C)(=O)=O)cc1C. The van der Waals surface area contributed by atoms with Gasteiger partial charge in [0.1, 0.15) is 0 Å². The van der Waals surface area contributed by atoms with Gasteiger partial charge < -0.3 is 5.11 Å². The van der Waals surface area contributed by atoms with E-state index in [-0.39, 0.29) is 4.90 Å². The molecule has 4 heteroatoms. The molecule has 0 spiro atoms. The van der Waals surface area contributed by atoms with E-state index in [2.05, 4.69) is 0 Å². The molecule has 0 aliphatic rings. The molecule has 0 amide bonds. The summed E-state index contributed by atoms with van der Waals surface area (Å²) in [6, 6.07) is 3.36. The van der Waals surface area contributed by atoms with Gasteiger partial charge in [0.25, 0.3) is 0 Å². The Morgan fingerprint density at radius 1 is 1.12 bits per heavy atom. The molecular weight excluding hydrogens is 224 g/mol. The molecule has 90 valence electrons. The second-order valence-electron chi connectivity index (χ2n) is 4.76. The first-order chi connectivity index (χ1) is 7.03. The number of sulfone groups is 1. The van der Waals surface area contributed by atoms with Crippen LogP contribution in [0.3, 0.4) is 0 Å². The van der Waals surface area contributed by atoms with E-state index in [1.54, 1.807) is 26.0 Å². The number of aliphatic hydroxyl groups is 1. The molecule has 3 nitrogen and oxygen atoms in total. The Kier molecular flexibility index (Phi) is 3.18. The van der Waals surface area contributed by atoms with E-state index in [9.17, 15) is 13.5 Å². The minimum absolute atomic E-state index is 0.211. The maximum atomic E-state index is 11.7. The van der Waals surface area contributed by atoms with E-state index in [4.69, 9.17) is 0 Å². The monoisotopic (exact) mass is 242 g/mol. The zero-order valence-electron chi connectivity index (χ0n) is 10.3. The van der Waals surface area contributed by atoms with Gasteiger partial charge in [-0.25, -0.2) is 8.42 Å². The summed E-state index contributed by atoms with van der Waals surface area (Å²) in [4.78, 5) is 0.211. The minimum Gasteiger partial charge on any atom is -0.386 e. The van der Waals surface area contributed by atoms with Gasteiger partial charge in [0.15, 0.2) is 9.84 Å². The summed E-state index contributed by atoms with van der Waals surface area (Å²) in [6.07, 6.45) is 1.16. The topological polar surface area (TPSA) is 54.4 Å². The number of hydrogen-bond donors (Lipinski definition) is 1. The van der Waals surface area contributed by atoms with E-state index < -0.39 is 15.4 Å². The Labute approximate surface area is 97.0 Å². The van der Waals surface area contributed by atoms with Crippen LogP contribution in [0.1, 0.15) is 30.5 Å². The van der Waals surface area contributed by atoms with Crippen molar-refractivity contribution in [3.05, 3.63) is 28.8 Å². The summed E-state index contributed by atoms with van der Waals surface area (Å²) in [6.45, 7) is 6.94. The quantitative estimate of drug-likeness (QED) is 0.862. The van der Waals surface area contributed by atoms with Crippen LogP contribution >= 0.6 is 0 Å². The van der Waals surface area contributed by atoms with Gasteiger partial charge in [0.05, 0.1) is 10.5 Å². The molecule has 0 aliphatic heterocycles. The molecule has 0 aliphatic carbocycles. The van der Waals surface area contributed by atoms with Gasteiger partial charge in [-0.3, -0.25) is 0 Å². The van der Waals surface area contributed by atoms with Crippen LogP contribution in [0.5, 0.6) is 0 Å². The lowest BCUT2D eigenvalue weighted by atomic mass is 9.95. The smallest absolute Gasteiger partial charge is 0.175 e. The van der Waals surface area contributed by atoms with Crippen molar-refractivity contribution >= 4 is 9.84 Å². The van der Waals surface area contributed by atoms with Crippen molar-refractivity contribution in [2.24, 2.45) is 0 Å². The van der Waals surface area contributed by atoms with Crippen LogP contribution in [0.25, 0.3) is 0 Å². The van der Waals surface area contributed by atoms with Gasteiger partial charge >= 0.3 is 0 Å². The van der Waals surface area contributed by atoms with E-state index in [1.165, 1.54) is 0 Å². The van der Waals surface area contributed by atoms with Crippen LogP contribution < -0.4 is 0 Å². The zero-order chi connectivity index (χ0) is 12.7. The Balaban J connectivity index is 3.66. The van der Waals surface area contributed by atoms with Crippen LogP contribution in [0, 0.1) is 13.8 Å². The van der Waals surface area contributed by atoms with E-state index in [0.717, 1.165) is 17.4 Å². The largest absolute Gasteiger partial charge is 0.386 e. The highest BCUT2D eigenvalue weighted by molar-refractivity contribution is 7.90. The Hall–Kier alpha value is -0.870. The second kappa shape index (κ2) is 3.86. The van der Waals surface area contributed by atoms with Crippen LogP contribution in [0.15, 0.2) is 17.0 Å². The van der Waals surface area contributed by atoms with E-state index in [0.29, 0.717) is 5.56 Å². The fourth-order valence-corrected chi connectivity index (χ4v) is 2.67. The molecule has 1 rings (SSSR count). The summed E-state index contributed by atoms with van der Waals surface area (Å²) in [5.74, 6) is 0. The molecule has 0 radical (unpaired) electrons. The molecule has 0 unspecified atom stereocenters. The molecule has 0 saturated heterocycles. The Morgan fingerprint density at radius 3 is 1.94 bits per heavy atom. The van der Waals surface area contributed by atoms with E-state index >= 15 is 0 Å². The minimum atomic E-state index is -3.32. The first-order valence-corrected chi connectivity index (χ1v) is 6.97. The van der Waals surface area contributed by atoms with Crippen LogP contribution in [-0.4, -0.2) is 19.8 Å². The maximum Gasteiger partial charge on any atom is 0.175 e. The van der Waals surface area contributed by atoms with Crippen molar-refractivity contribution in [3.63, 3.8) is 0 Å². The molecule has 1 N–H and O–H groups in total. The molecule has 1 aromatic rings. The fourth-order valence-electron chi connectivity index (χ4n) is 1.57. The van der Waals surface area contributed by atoms with E-state index in [1.807, 2.05) is 13.8 Å². The van der Waals surface area contributed by atoms with Crippen molar-refractivity contribution in [3.8, 4) is 0 Å². The Morgan fingerprint density at radius 2 is 1.56 bits per heavy atom. The highest BCUT2D eigenvalue weighted by Crippen LogP contribution is 2.29. The number of hydrogen-bond acceptors (Lipinski definition) is 3. The predicted molar refractivity (Wildman–Crippen MR) is 64.3 cm³/mol. The van der Waals surface area contributed by atoms with Crippen LogP contribution in [0.2, 0.25) is 0 Å². The molecule has 0 aromatic heterocycles. The van der Waals surface area contributed by atoms with Crippen molar-refractivity contribution in [2.45, 2.75) is 38.2 Å². The summed E-state index contributed by atoms with van der Waals surface area (Å²) < 4.78 is 23.3. The highest BCUT2D eigenvalue weighted by atomic mass is 32.2. The summed E-state index contributed by atoms with van der Waals surface area (Å²) in [7, 11) is -3.32. The van der Waals surface area contributed by atoms with Crippen LogP contribution in [0.4, 0.5) is 0 Å². The molecule has 1 aromatic carbocycles. The molecular formula is C12H18O3S. The van der Waals surface area contributed by atoms with Gasteiger partial charge in [0.2, 0.25) is 0 Å². The standard InChI is InChI=1S/C12H18O3S/c1-8-6-10(12(3,4)13)11(7-9(8)2)16(5,14)15/h6-7,13H,1-5H3. The first-order valence-electron chi connectivity index (χ1n) is 5.07. The van der Waals surface area contributed by atoms with Crippen molar-refractivity contribution in [2.75, 3.05) is 6.26 Å². The van der Waals surface area contributed by atoms with Gasteiger partial charge in [-0.15, -0.1) is 0 Å². The average molecular weight is 242 g/mol. The lowest BCUT2D eigenvalue weighted by molar-refractivity contribution is 0.0754. The molecule has 0 saturated carbocycles. The molecule has 0 bridgehead atoms. The maximum absolute atomic E-state index is 11.7. The Bertz CT molecular complexity index is 508.